The number of nitrogens with one attached hydrogen (secondary N) is 1. The molecule has 0 radical (unpaired) electrons. The van der Waals surface area contributed by atoms with Gasteiger partial charge in [-0.2, -0.15) is 0 Å². The van der Waals surface area contributed by atoms with E-state index in [1.54, 1.807) is 0 Å². The van der Waals surface area contributed by atoms with E-state index in [2.05, 4.69) is 21.2 Å². The first-order valence-corrected chi connectivity index (χ1v) is 7.06. The van der Waals surface area contributed by atoms with E-state index in [0.29, 0.717) is 4.47 Å². The zero-order valence-electron chi connectivity index (χ0n) is 8.33. The molecule has 0 saturated heterocycles. The third-order valence-electron chi connectivity index (χ3n) is 1.60. The van der Waals surface area contributed by atoms with Crippen LogP contribution < -0.4 is 5.32 Å². The maximum atomic E-state index is 12.8. The van der Waals surface area contributed by atoms with Gasteiger partial charge in [-0.15, -0.1) is 0 Å². The van der Waals surface area contributed by atoms with E-state index in [4.69, 9.17) is 0 Å². The van der Waals surface area contributed by atoms with Crippen LogP contribution in [0.3, 0.4) is 0 Å². The molecule has 88 valence electrons. The fourth-order valence-corrected chi connectivity index (χ4v) is 1.91. The number of amides is 1. The Kier molecular flexibility index (Phi) is 4.03. The smallest absolute Gasteiger partial charge is 0.239 e. The molecule has 0 aromatic heterocycles. The van der Waals surface area contributed by atoms with E-state index >= 15 is 0 Å². The molecule has 4 nitrogen and oxygen atoms in total. The lowest BCUT2D eigenvalue weighted by Gasteiger charge is -2.06. The third kappa shape index (κ3) is 4.28. The highest BCUT2D eigenvalue weighted by molar-refractivity contribution is 9.10. The van der Waals surface area contributed by atoms with Crippen LogP contribution in [0.15, 0.2) is 22.7 Å². The molecule has 1 amide bonds. The summed E-state index contributed by atoms with van der Waals surface area (Å²) in [5.74, 6) is -1.85. The van der Waals surface area contributed by atoms with Crippen LogP contribution in [-0.4, -0.2) is 26.3 Å². The maximum absolute atomic E-state index is 12.8. The molecule has 0 atom stereocenters. The standard InChI is InChI=1S/C9H9BrFNO3S/c1-16(14,15)5-9(13)12-8-4-6(11)2-3-7(8)10/h2-4H,5H2,1H3,(H,12,13). The molecule has 0 aliphatic rings. The summed E-state index contributed by atoms with van der Waals surface area (Å²) in [6.07, 6.45) is 0.952. The first-order valence-electron chi connectivity index (χ1n) is 4.20. The van der Waals surface area contributed by atoms with Crippen molar-refractivity contribution in [3.63, 3.8) is 0 Å². The highest BCUT2D eigenvalue weighted by Gasteiger charge is 2.12. The van der Waals surface area contributed by atoms with E-state index in [0.717, 1.165) is 12.3 Å². The molecule has 0 aliphatic heterocycles. The lowest BCUT2D eigenvalue weighted by molar-refractivity contribution is -0.113. The minimum atomic E-state index is -3.39. The Morgan fingerprint density at radius 3 is 2.69 bits per heavy atom. The van der Waals surface area contributed by atoms with Crippen LogP contribution in [0, 0.1) is 5.82 Å². The summed E-state index contributed by atoms with van der Waals surface area (Å²) >= 11 is 3.11. The van der Waals surface area contributed by atoms with Crippen molar-refractivity contribution in [3.05, 3.63) is 28.5 Å². The minimum absolute atomic E-state index is 0.202. The molecular formula is C9H9BrFNO3S. The minimum Gasteiger partial charge on any atom is -0.324 e. The molecule has 1 N–H and O–H groups in total. The van der Waals surface area contributed by atoms with Crippen molar-refractivity contribution in [1.29, 1.82) is 0 Å². The normalized spacial score (nSPS) is 11.2. The Labute approximate surface area is 101 Å². The Morgan fingerprint density at radius 1 is 1.50 bits per heavy atom. The van der Waals surface area contributed by atoms with Crippen LogP contribution in [0.2, 0.25) is 0 Å². The lowest BCUT2D eigenvalue weighted by Crippen LogP contribution is -2.22. The van der Waals surface area contributed by atoms with E-state index in [9.17, 15) is 17.6 Å². The van der Waals surface area contributed by atoms with Crippen LogP contribution >= 0.6 is 15.9 Å². The van der Waals surface area contributed by atoms with Gasteiger partial charge in [-0.25, -0.2) is 12.8 Å². The summed E-state index contributed by atoms with van der Waals surface area (Å²) in [5, 5.41) is 2.30. The van der Waals surface area contributed by atoms with Crippen LogP contribution in [0.25, 0.3) is 0 Å². The van der Waals surface area contributed by atoms with Gasteiger partial charge in [-0.05, 0) is 34.1 Å². The van der Waals surface area contributed by atoms with E-state index < -0.39 is 27.3 Å². The summed E-state index contributed by atoms with van der Waals surface area (Å²) in [6, 6.07) is 3.74. The predicted molar refractivity (Wildman–Crippen MR) is 62.4 cm³/mol. The highest BCUT2D eigenvalue weighted by Crippen LogP contribution is 2.22. The Bertz CT molecular complexity index is 515. The van der Waals surface area contributed by atoms with Gasteiger partial charge in [0.25, 0.3) is 0 Å². The van der Waals surface area contributed by atoms with Crippen molar-refractivity contribution in [2.45, 2.75) is 0 Å². The number of hydrogen-bond donors (Lipinski definition) is 1. The fraction of sp³-hybridized carbons (Fsp3) is 0.222. The number of hydrogen-bond acceptors (Lipinski definition) is 3. The zero-order valence-corrected chi connectivity index (χ0v) is 10.7. The third-order valence-corrected chi connectivity index (χ3v) is 3.07. The number of benzene rings is 1. The van der Waals surface area contributed by atoms with Crippen molar-refractivity contribution in [1.82, 2.24) is 0 Å². The Hall–Kier alpha value is -0.950. The summed E-state index contributed by atoms with van der Waals surface area (Å²) in [5.41, 5.74) is 0.202. The topological polar surface area (TPSA) is 63.2 Å². The summed E-state index contributed by atoms with van der Waals surface area (Å²) in [7, 11) is -3.39. The first kappa shape index (κ1) is 13.1. The van der Waals surface area contributed by atoms with Gasteiger partial charge in [-0.1, -0.05) is 0 Å². The first-order chi connectivity index (χ1) is 7.28. The quantitative estimate of drug-likeness (QED) is 0.922. The van der Waals surface area contributed by atoms with Gasteiger partial charge in [0.2, 0.25) is 5.91 Å². The molecule has 7 heteroatoms. The number of halogens is 2. The molecule has 0 aliphatic carbocycles. The highest BCUT2D eigenvalue weighted by atomic mass is 79.9. The predicted octanol–water partition coefficient (Wildman–Crippen LogP) is 1.57. The summed E-state index contributed by atoms with van der Waals surface area (Å²) in [6.45, 7) is 0. The van der Waals surface area contributed by atoms with Crippen molar-refractivity contribution >= 4 is 37.4 Å². The van der Waals surface area contributed by atoms with E-state index in [1.807, 2.05) is 0 Å². The maximum Gasteiger partial charge on any atom is 0.239 e. The monoisotopic (exact) mass is 309 g/mol. The molecule has 0 unspecified atom stereocenters. The molecular weight excluding hydrogens is 301 g/mol. The number of rotatable bonds is 3. The van der Waals surface area contributed by atoms with Crippen LogP contribution in [-0.2, 0) is 14.6 Å². The van der Waals surface area contributed by atoms with Crippen molar-refractivity contribution < 1.29 is 17.6 Å². The molecule has 0 saturated carbocycles. The molecule has 0 fully saturated rings. The largest absolute Gasteiger partial charge is 0.324 e. The Morgan fingerprint density at radius 2 is 2.12 bits per heavy atom. The fourth-order valence-electron chi connectivity index (χ4n) is 1.02. The van der Waals surface area contributed by atoms with Crippen LogP contribution in [0.5, 0.6) is 0 Å². The second-order valence-electron chi connectivity index (χ2n) is 3.24. The van der Waals surface area contributed by atoms with Gasteiger partial charge >= 0.3 is 0 Å². The average Bonchev–Trinajstić information content (AvgIpc) is 2.08. The lowest BCUT2D eigenvalue weighted by atomic mass is 10.3. The van der Waals surface area contributed by atoms with Gasteiger partial charge in [-0.3, -0.25) is 4.79 Å². The number of sulfone groups is 1. The number of carbonyl (C=O) groups is 1. The molecule has 1 aromatic carbocycles. The van der Waals surface area contributed by atoms with E-state index in [-0.39, 0.29) is 5.69 Å². The van der Waals surface area contributed by atoms with Crippen molar-refractivity contribution in [3.8, 4) is 0 Å². The zero-order chi connectivity index (χ0) is 12.3. The van der Waals surface area contributed by atoms with Gasteiger partial charge in [0.1, 0.15) is 11.6 Å². The van der Waals surface area contributed by atoms with Gasteiger partial charge in [0, 0.05) is 10.7 Å². The van der Waals surface area contributed by atoms with Crippen LogP contribution in [0.1, 0.15) is 0 Å². The summed E-state index contributed by atoms with van der Waals surface area (Å²) in [4.78, 5) is 11.3. The average molecular weight is 310 g/mol. The molecule has 16 heavy (non-hydrogen) atoms. The van der Waals surface area contributed by atoms with Crippen molar-refractivity contribution in [2.75, 3.05) is 17.3 Å². The van der Waals surface area contributed by atoms with Gasteiger partial charge in [0.15, 0.2) is 9.84 Å². The second kappa shape index (κ2) is 4.92. The number of anilines is 1. The Balaban J connectivity index is 2.81. The second-order valence-corrected chi connectivity index (χ2v) is 6.24. The molecule has 0 spiro atoms. The number of carbonyl (C=O) groups excluding carboxylic acids is 1. The molecule has 1 rings (SSSR count). The van der Waals surface area contributed by atoms with Crippen molar-refractivity contribution in [2.24, 2.45) is 0 Å². The molecule has 0 heterocycles. The summed E-state index contributed by atoms with van der Waals surface area (Å²) < 4.78 is 35.0. The molecule has 0 bridgehead atoms. The van der Waals surface area contributed by atoms with Gasteiger partial charge in [0.05, 0.1) is 5.69 Å². The van der Waals surface area contributed by atoms with Gasteiger partial charge < -0.3 is 5.32 Å². The van der Waals surface area contributed by atoms with Crippen LogP contribution in [0.4, 0.5) is 10.1 Å². The SMILES string of the molecule is CS(=O)(=O)CC(=O)Nc1cc(F)ccc1Br. The van der Waals surface area contributed by atoms with E-state index in [1.165, 1.54) is 12.1 Å². The molecule has 1 aromatic rings.